The smallest absolute Gasteiger partial charge is 0.305 e. The van der Waals surface area contributed by atoms with Crippen molar-refractivity contribution in [1.82, 2.24) is 5.32 Å². The summed E-state index contributed by atoms with van der Waals surface area (Å²) < 4.78 is 16.7. The summed E-state index contributed by atoms with van der Waals surface area (Å²) >= 11 is 0. The summed E-state index contributed by atoms with van der Waals surface area (Å²) in [4.78, 5) is 25.1. The van der Waals surface area contributed by atoms with Gasteiger partial charge in [0.2, 0.25) is 5.91 Å². The number of carbonyl (C=O) groups excluding carboxylic acids is 2. The zero-order valence-electron chi connectivity index (χ0n) is 55.3. The van der Waals surface area contributed by atoms with E-state index < -0.39 is 49.5 Å². The maximum Gasteiger partial charge on any atom is 0.305 e. The Kier molecular flexibility index (Phi) is 60.0. The highest BCUT2D eigenvalue weighted by atomic mass is 16.7. The Morgan fingerprint density at radius 1 is 0.435 bits per heavy atom. The standard InChI is InChI=1S/C74H137NO10/c1-3-5-7-9-11-13-15-37-41-44-48-52-56-60-67(77)66(65-84-74-73(82)72(81)71(80)68(64-76)85-74)75-69(78)61-57-53-49-45-42-38-35-33-31-29-27-25-23-21-19-17-16-18-20-22-24-26-28-30-32-34-36-39-43-47-51-55-59-63-83-70(79)62-58-54-50-46-40-14-12-10-8-6-4-2/h10,12,20,22,26,28,56,60,66-68,71-74,76-77,80-82H,3-9,11,13-19,21,23-25,27,29-55,57-59,61-65H2,1-2H3,(H,75,78)/b12-10-,22-20-,28-26-,60-56+. The maximum absolute atomic E-state index is 13.1. The van der Waals surface area contributed by atoms with Gasteiger partial charge in [0.25, 0.3) is 0 Å². The van der Waals surface area contributed by atoms with Crippen molar-refractivity contribution in [1.29, 1.82) is 0 Å². The van der Waals surface area contributed by atoms with E-state index in [1.54, 1.807) is 6.08 Å². The third kappa shape index (κ3) is 52.1. The summed E-state index contributed by atoms with van der Waals surface area (Å²) in [7, 11) is 0. The molecule has 0 aromatic rings. The minimum atomic E-state index is -1.57. The SMILES string of the molecule is CCCC/C=C\CCCCCCCC(=O)OCCCCCCCCCCC/C=C\C/C=C\CCCCCCCCCCCCCCCCCCCC(=O)NC(COC1OC(CO)C(O)C(O)C1O)C(O)/C=C/CCCCCCCCCCCCC. The normalized spacial score (nSPS) is 18.2. The van der Waals surface area contributed by atoms with Crippen LogP contribution in [0.2, 0.25) is 0 Å². The molecule has 1 fully saturated rings. The molecule has 7 unspecified atom stereocenters. The van der Waals surface area contributed by atoms with Crippen molar-refractivity contribution < 1.29 is 49.3 Å². The van der Waals surface area contributed by atoms with Crippen LogP contribution in [0.5, 0.6) is 0 Å². The van der Waals surface area contributed by atoms with E-state index in [1.165, 1.54) is 257 Å². The summed E-state index contributed by atoms with van der Waals surface area (Å²) in [6, 6.07) is -0.809. The first-order chi connectivity index (χ1) is 41.7. The predicted molar refractivity (Wildman–Crippen MR) is 357 cm³/mol. The van der Waals surface area contributed by atoms with Gasteiger partial charge in [0.1, 0.15) is 24.4 Å². The molecule has 85 heavy (non-hydrogen) atoms. The maximum atomic E-state index is 13.1. The van der Waals surface area contributed by atoms with Gasteiger partial charge in [0, 0.05) is 12.8 Å². The van der Waals surface area contributed by atoms with Gasteiger partial charge < -0.3 is 45.1 Å². The number of hydrogen-bond acceptors (Lipinski definition) is 10. The van der Waals surface area contributed by atoms with Gasteiger partial charge in [-0.05, 0) is 83.5 Å². The molecule has 1 saturated heterocycles. The van der Waals surface area contributed by atoms with E-state index in [2.05, 4.69) is 55.6 Å². The van der Waals surface area contributed by atoms with Crippen molar-refractivity contribution in [3.05, 3.63) is 48.6 Å². The van der Waals surface area contributed by atoms with Gasteiger partial charge in [-0.1, -0.05) is 300 Å². The Labute approximate surface area is 523 Å². The van der Waals surface area contributed by atoms with Gasteiger partial charge in [-0.2, -0.15) is 0 Å². The van der Waals surface area contributed by atoms with Crippen molar-refractivity contribution in [2.75, 3.05) is 19.8 Å². The number of allylic oxidation sites excluding steroid dienone is 7. The van der Waals surface area contributed by atoms with Crippen LogP contribution in [0.1, 0.15) is 348 Å². The van der Waals surface area contributed by atoms with Gasteiger partial charge in [-0.25, -0.2) is 0 Å². The number of hydrogen-bond donors (Lipinski definition) is 6. The van der Waals surface area contributed by atoms with E-state index >= 15 is 0 Å². The number of aliphatic hydroxyl groups excluding tert-OH is 5. The van der Waals surface area contributed by atoms with E-state index in [9.17, 15) is 35.1 Å². The Morgan fingerprint density at radius 2 is 0.800 bits per heavy atom. The quantitative estimate of drug-likeness (QED) is 0.0195. The average Bonchev–Trinajstić information content (AvgIpc) is 3.71. The molecule has 0 bridgehead atoms. The molecule has 0 saturated carbocycles. The van der Waals surface area contributed by atoms with E-state index in [0.29, 0.717) is 19.4 Å². The van der Waals surface area contributed by atoms with Gasteiger partial charge in [0.05, 0.1) is 32.0 Å². The molecule has 0 radical (unpaired) electrons. The molecule has 1 aliphatic rings. The number of rotatable bonds is 64. The molecule has 1 rings (SSSR count). The van der Waals surface area contributed by atoms with Crippen LogP contribution in [0.25, 0.3) is 0 Å². The second-order valence-corrected chi connectivity index (χ2v) is 25.3. The number of aliphatic hydroxyl groups is 5. The van der Waals surface area contributed by atoms with Crippen LogP contribution < -0.4 is 5.32 Å². The molecule has 1 aliphatic heterocycles. The van der Waals surface area contributed by atoms with Crippen molar-refractivity contribution >= 4 is 11.9 Å². The molecule has 6 N–H and O–H groups in total. The Balaban J connectivity index is 1.97. The molecule has 7 atom stereocenters. The van der Waals surface area contributed by atoms with Crippen LogP contribution in [-0.2, 0) is 23.8 Å². The fourth-order valence-corrected chi connectivity index (χ4v) is 11.4. The number of ether oxygens (including phenoxy) is 3. The lowest BCUT2D eigenvalue weighted by atomic mass is 9.99. The summed E-state index contributed by atoms with van der Waals surface area (Å²) in [6.45, 7) is 4.33. The number of unbranched alkanes of at least 4 members (excludes halogenated alkanes) is 44. The van der Waals surface area contributed by atoms with E-state index in [1.807, 2.05) is 6.08 Å². The first-order valence-corrected chi connectivity index (χ1v) is 36.4. The van der Waals surface area contributed by atoms with Crippen LogP contribution >= 0.6 is 0 Å². The van der Waals surface area contributed by atoms with Gasteiger partial charge in [0.15, 0.2) is 6.29 Å². The zero-order valence-corrected chi connectivity index (χ0v) is 55.3. The largest absolute Gasteiger partial charge is 0.466 e. The van der Waals surface area contributed by atoms with Crippen molar-refractivity contribution in [2.24, 2.45) is 0 Å². The topological polar surface area (TPSA) is 175 Å². The second kappa shape index (κ2) is 63.2. The third-order valence-corrected chi connectivity index (χ3v) is 17.2. The first-order valence-electron chi connectivity index (χ1n) is 36.4. The van der Waals surface area contributed by atoms with Gasteiger partial charge >= 0.3 is 5.97 Å². The number of amides is 1. The van der Waals surface area contributed by atoms with Crippen LogP contribution in [0.3, 0.4) is 0 Å². The monoisotopic (exact) mass is 1200 g/mol. The minimum Gasteiger partial charge on any atom is -0.466 e. The summed E-state index contributed by atoms with van der Waals surface area (Å²) in [5.74, 6) is -0.182. The van der Waals surface area contributed by atoms with Gasteiger partial charge in [-0.3, -0.25) is 9.59 Å². The van der Waals surface area contributed by atoms with E-state index in [4.69, 9.17) is 14.2 Å². The number of nitrogens with one attached hydrogen (secondary N) is 1. The summed E-state index contributed by atoms with van der Waals surface area (Å²) in [5.41, 5.74) is 0. The number of carbonyl (C=O) groups is 2. The lowest BCUT2D eigenvalue weighted by molar-refractivity contribution is -0.302. The zero-order chi connectivity index (χ0) is 61.6. The lowest BCUT2D eigenvalue weighted by Gasteiger charge is -2.40. The van der Waals surface area contributed by atoms with E-state index in [0.717, 1.165) is 64.2 Å². The van der Waals surface area contributed by atoms with Crippen molar-refractivity contribution in [2.45, 2.75) is 391 Å². The van der Waals surface area contributed by atoms with Crippen LogP contribution in [0.4, 0.5) is 0 Å². The Hall–Kier alpha value is -2.38. The second-order valence-electron chi connectivity index (χ2n) is 25.3. The van der Waals surface area contributed by atoms with E-state index in [-0.39, 0.29) is 18.5 Å². The minimum absolute atomic E-state index is 0.00422. The van der Waals surface area contributed by atoms with Crippen molar-refractivity contribution in [3.8, 4) is 0 Å². The molecule has 11 heteroatoms. The molecule has 11 nitrogen and oxygen atoms in total. The fraction of sp³-hybridized carbons (Fsp3) is 0.865. The highest BCUT2D eigenvalue weighted by molar-refractivity contribution is 5.76. The molecular formula is C74H137NO10. The summed E-state index contributed by atoms with van der Waals surface area (Å²) in [6.07, 6.45) is 72.5. The molecule has 498 valence electrons. The molecule has 1 amide bonds. The first kappa shape index (κ1) is 80.6. The van der Waals surface area contributed by atoms with Crippen LogP contribution in [0, 0.1) is 0 Å². The number of esters is 1. The highest BCUT2D eigenvalue weighted by Crippen LogP contribution is 2.23. The van der Waals surface area contributed by atoms with Crippen LogP contribution in [0.15, 0.2) is 48.6 Å². The Morgan fingerprint density at radius 3 is 1.24 bits per heavy atom. The molecule has 0 aromatic carbocycles. The molecular weight excluding hydrogens is 1060 g/mol. The lowest BCUT2D eigenvalue weighted by Crippen LogP contribution is -2.60. The van der Waals surface area contributed by atoms with Gasteiger partial charge in [-0.15, -0.1) is 0 Å². The molecule has 0 aromatic heterocycles. The molecule has 1 heterocycles. The average molecular weight is 1200 g/mol. The Bertz CT molecular complexity index is 1550. The van der Waals surface area contributed by atoms with Crippen molar-refractivity contribution in [3.63, 3.8) is 0 Å². The highest BCUT2D eigenvalue weighted by Gasteiger charge is 2.44. The van der Waals surface area contributed by atoms with Crippen LogP contribution in [-0.4, -0.2) is 100 Å². The fourth-order valence-electron chi connectivity index (χ4n) is 11.4. The molecule has 0 aliphatic carbocycles. The third-order valence-electron chi connectivity index (χ3n) is 17.2. The predicted octanol–water partition coefficient (Wildman–Crippen LogP) is 18.7. The summed E-state index contributed by atoms with van der Waals surface area (Å²) in [5, 5.41) is 54.5. The molecule has 0 spiro atoms.